The van der Waals surface area contributed by atoms with E-state index in [1.807, 2.05) is 31.0 Å². The fraction of sp³-hybridized carbons (Fsp3) is 0.464. The topological polar surface area (TPSA) is 73.5 Å². The number of rotatable bonds is 5. The number of H-pyrrole nitrogens is 1. The summed E-state index contributed by atoms with van der Waals surface area (Å²) in [5.74, 6) is 0.250. The van der Waals surface area contributed by atoms with Crippen LogP contribution in [0.4, 0.5) is 10.1 Å². The Balaban J connectivity index is 1.30. The van der Waals surface area contributed by atoms with Crippen molar-refractivity contribution in [3.05, 3.63) is 59.5 Å². The first-order chi connectivity index (χ1) is 16.9. The number of amides is 1. The predicted molar refractivity (Wildman–Crippen MR) is 141 cm³/mol. The number of hydrogen-bond donors (Lipinski definition) is 1. The zero-order valence-electron chi connectivity index (χ0n) is 21.3. The molecule has 2 aliphatic rings. The molecule has 5 rings (SSSR count). The number of aromatic amines is 1. The number of nitrogens with zero attached hydrogens (tertiary/aromatic N) is 2. The molecule has 1 aromatic heterocycles. The van der Waals surface area contributed by atoms with Crippen LogP contribution in [0.1, 0.15) is 50.7 Å². The molecule has 36 heavy (non-hydrogen) atoms. The van der Waals surface area contributed by atoms with Crippen molar-refractivity contribution in [2.24, 2.45) is 5.41 Å². The lowest BCUT2D eigenvalue weighted by atomic mass is 9.80. The van der Waals surface area contributed by atoms with E-state index in [-0.39, 0.29) is 11.7 Å². The Morgan fingerprint density at radius 2 is 1.92 bits per heavy atom. The monoisotopic (exact) mass is 511 g/mol. The van der Waals surface area contributed by atoms with Gasteiger partial charge in [0.05, 0.1) is 4.90 Å². The molecule has 0 aliphatic carbocycles. The van der Waals surface area contributed by atoms with Gasteiger partial charge in [0.1, 0.15) is 5.82 Å². The maximum absolute atomic E-state index is 13.6. The lowest BCUT2D eigenvalue weighted by Crippen LogP contribution is -2.50. The van der Waals surface area contributed by atoms with Gasteiger partial charge in [-0.2, -0.15) is 0 Å². The molecule has 2 aliphatic heterocycles. The van der Waals surface area contributed by atoms with E-state index in [9.17, 15) is 17.6 Å². The van der Waals surface area contributed by atoms with Crippen LogP contribution in [0.2, 0.25) is 0 Å². The Morgan fingerprint density at radius 1 is 1.14 bits per heavy atom. The number of fused-ring (bicyclic) bond motifs is 2. The molecule has 1 saturated heterocycles. The summed E-state index contributed by atoms with van der Waals surface area (Å²) in [6, 6.07) is 10.4. The van der Waals surface area contributed by atoms with Gasteiger partial charge in [-0.05, 0) is 86.2 Å². The van der Waals surface area contributed by atoms with E-state index in [0.29, 0.717) is 29.8 Å². The number of benzene rings is 2. The number of anilines is 1. The number of piperidine rings is 1. The van der Waals surface area contributed by atoms with Gasteiger partial charge in [0.15, 0.2) is 9.84 Å². The van der Waals surface area contributed by atoms with Crippen molar-refractivity contribution in [2.45, 2.75) is 56.9 Å². The lowest BCUT2D eigenvalue weighted by Gasteiger charge is -2.42. The molecule has 0 saturated carbocycles. The van der Waals surface area contributed by atoms with Crippen LogP contribution in [0.5, 0.6) is 0 Å². The molecule has 0 radical (unpaired) electrons. The number of carbonyl (C=O) groups is 1. The summed E-state index contributed by atoms with van der Waals surface area (Å²) in [6.07, 6.45) is 5.76. The van der Waals surface area contributed by atoms with Crippen molar-refractivity contribution < 1.29 is 17.6 Å². The Bertz CT molecular complexity index is 1430. The van der Waals surface area contributed by atoms with E-state index < -0.39 is 15.3 Å². The van der Waals surface area contributed by atoms with Crippen molar-refractivity contribution in [3.63, 3.8) is 0 Å². The molecule has 0 spiro atoms. The highest BCUT2D eigenvalue weighted by Gasteiger charge is 2.39. The third-order valence-corrected chi connectivity index (χ3v) is 9.08. The quantitative estimate of drug-likeness (QED) is 0.529. The summed E-state index contributed by atoms with van der Waals surface area (Å²) in [5, 5.41) is 1.09. The Labute approximate surface area is 212 Å². The van der Waals surface area contributed by atoms with Gasteiger partial charge < -0.3 is 9.88 Å². The summed E-state index contributed by atoms with van der Waals surface area (Å²) < 4.78 is 37.8. The fourth-order valence-corrected chi connectivity index (χ4v) is 6.64. The second-order valence-electron chi connectivity index (χ2n) is 11.1. The minimum Gasteiger partial charge on any atom is -0.361 e. The zero-order chi connectivity index (χ0) is 25.8. The molecule has 192 valence electrons. The Kier molecular flexibility index (Phi) is 6.24. The van der Waals surface area contributed by atoms with Crippen LogP contribution < -0.4 is 4.90 Å². The second-order valence-corrected chi connectivity index (χ2v) is 13.1. The van der Waals surface area contributed by atoms with E-state index in [2.05, 4.69) is 16.8 Å². The maximum atomic E-state index is 13.6. The highest BCUT2D eigenvalue weighted by Crippen LogP contribution is 2.39. The number of halogens is 1. The van der Waals surface area contributed by atoms with Crippen LogP contribution in [0.15, 0.2) is 47.5 Å². The number of nitrogens with one attached hydrogen (secondary N) is 1. The van der Waals surface area contributed by atoms with Crippen molar-refractivity contribution in [1.29, 1.82) is 0 Å². The third-order valence-electron chi connectivity index (χ3n) is 7.97. The molecule has 1 fully saturated rings. The largest absolute Gasteiger partial charge is 0.361 e. The van der Waals surface area contributed by atoms with Crippen LogP contribution in [0.25, 0.3) is 10.9 Å². The zero-order valence-corrected chi connectivity index (χ0v) is 22.2. The number of likely N-dealkylation sites (tertiary alicyclic amines) is 1. The predicted octanol–water partition coefficient (Wildman–Crippen LogP) is 4.89. The first-order valence-electron chi connectivity index (χ1n) is 12.6. The number of sulfone groups is 1. The highest BCUT2D eigenvalue weighted by molar-refractivity contribution is 7.90. The molecule has 8 heteroatoms. The van der Waals surface area contributed by atoms with Gasteiger partial charge in [-0.15, -0.1) is 0 Å². The molecule has 3 heterocycles. The molecule has 2 aromatic carbocycles. The van der Waals surface area contributed by atoms with Crippen molar-refractivity contribution in [1.82, 2.24) is 9.88 Å². The molecule has 0 unspecified atom stereocenters. The summed E-state index contributed by atoms with van der Waals surface area (Å²) in [4.78, 5) is 21.2. The van der Waals surface area contributed by atoms with Crippen LogP contribution in [0.3, 0.4) is 0 Å². The minimum absolute atomic E-state index is 0.0793. The third kappa shape index (κ3) is 4.57. The van der Waals surface area contributed by atoms with E-state index in [4.69, 9.17) is 0 Å². The van der Waals surface area contributed by atoms with Crippen LogP contribution in [-0.4, -0.2) is 56.1 Å². The number of hydrogen-bond acceptors (Lipinski definition) is 4. The first kappa shape index (κ1) is 25.0. The van der Waals surface area contributed by atoms with Gasteiger partial charge >= 0.3 is 0 Å². The Hall–Kier alpha value is -2.71. The van der Waals surface area contributed by atoms with Crippen molar-refractivity contribution >= 4 is 32.3 Å². The van der Waals surface area contributed by atoms with E-state index in [1.165, 1.54) is 17.9 Å². The molecular weight excluding hydrogens is 477 g/mol. The van der Waals surface area contributed by atoms with E-state index in [1.54, 1.807) is 24.3 Å². The van der Waals surface area contributed by atoms with Gasteiger partial charge in [-0.3, -0.25) is 9.69 Å². The number of aromatic nitrogens is 1. The van der Waals surface area contributed by atoms with Gasteiger partial charge in [-0.1, -0.05) is 13.8 Å². The molecule has 1 N–H and O–H groups in total. The summed E-state index contributed by atoms with van der Waals surface area (Å²) in [7, 11) is -3.31. The standard InChI is InChI=1S/C28H34FN3O3S/c1-18-13-19(24-17-30-25-15-21(29)5-7-23(24)25)9-10-31(18)11-12-32-26-8-6-22(36(4,34)35)14-20(26)16-28(2,3)27(32)33/h5-8,14-15,17-19,30H,9-13,16H2,1-4H3/t18-,19+/m0/s1. The minimum atomic E-state index is -3.31. The van der Waals surface area contributed by atoms with Gasteiger partial charge in [0, 0.05) is 53.6 Å². The number of carbonyl (C=O) groups excluding carboxylic acids is 1. The molecular formula is C28H34FN3O3S. The molecule has 6 nitrogen and oxygen atoms in total. The SMILES string of the molecule is C[C@H]1C[C@H](c2c[nH]c3cc(F)ccc23)CCN1CCN1C(=O)C(C)(C)Cc2cc(S(C)(=O)=O)ccc21. The summed E-state index contributed by atoms with van der Waals surface area (Å²) >= 11 is 0. The van der Waals surface area contributed by atoms with E-state index in [0.717, 1.165) is 48.1 Å². The van der Waals surface area contributed by atoms with Crippen molar-refractivity contribution in [2.75, 3.05) is 30.8 Å². The van der Waals surface area contributed by atoms with Gasteiger partial charge in [-0.25, -0.2) is 12.8 Å². The Morgan fingerprint density at radius 3 is 2.64 bits per heavy atom. The lowest BCUT2D eigenvalue weighted by molar-refractivity contribution is -0.127. The van der Waals surface area contributed by atoms with E-state index >= 15 is 0 Å². The molecule has 0 bridgehead atoms. The fourth-order valence-electron chi connectivity index (χ4n) is 5.97. The normalized spacial score (nSPS) is 22.7. The average molecular weight is 512 g/mol. The highest BCUT2D eigenvalue weighted by atomic mass is 32.2. The average Bonchev–Trinajstić information content (AvgIpc) is 3.22. The van der Waals surface area contributed by atoms with Gasteiger partial charge in [0.25, 0.3) is 0 Å². The summed E-state index contributed by atoms with van der Waals surface area (Å²) in [6.45, 7) is 8.33. The smallest absolute Gasteiger partial charge is 0.233 e. The van der Waals surface area contributed by atoms with Crippen LogP contribution in [0, 0.1) is 11.2 Å². The first-order valence-corrected chi connectivity index (χ1v) is 14.5. The van der Waals surface area contributed by atoms with Gasteiger partial charge in [0.2, 0.25) is 5.91 Å². The van der Waals surface area contributed by atoms with Crippen molar-refractivity contribution in [3.8, 4) is 0 Å². The molecule has 2 atom stereocenters. The summed E-state index contributed by atoms with van der Waals surface area (Å²) in [5.41, 5.74) is 3.23. The molecule has 3 aromatic rings. The van der Waals surface area contributed by atoms with Crippen LogP contribution >= 0.6 is 0 Å². The molecule has 1 amide bonds. The maximum Gasteiger partial charge on any atom is 0.233 e. The second kappa shape index (κ2) is 8.99. The van der Waals surface area contributed by atoms with Crippen LogP contribution in [-0.2, 0) is 21.1 Å².